The second kappa shape index (κ2) is 8.11. The quantitative estimate of drug-likeness (QED) is 0.694. The second-order valence-corrected chi connectivity index (χ2v) is 6.87. The average Bonchev–Trinajstić information content (AvgIpc) is 2.96. The zero-order chi connectivity index (χ0) is 16.8. The molecule has 2 aromatic rings. The van der Waals surface area contributed by atoms with Gasteiger partial charge in [0.2, 0.25) is 0 Å². The first-order chi connectivity index (χ1) is 11.7. The van der Waals surface area contributed by atoms with Gasteiger partial charge < -0.3 is 5.32 Å². The lowest BCUT2D eigenvalue weighted by molar-refractivity contribution is -0.117. The Morgan fingerprint density at radius 3 is 2.58 bits per heavy atom. The molecular formula is C21H20BrNO. The molecule has 122 valence electrons. The number of hydrogen-bond donors (Lipinski definition) is 1. The lowest BCUT2D eigenvalue weighted by Crippen LogP contribution is -2.18. The van der Waals surface area contributed by atoms with Gasteiger partial charge in [-0.05, 0) is 48.2 Å². The predicted molar refractivity (Wildman–Crippen MR) is 104 cm³/mol. The van der Waals surface area contributed by atoms with E-state index in [9.17, 15) is 4.79 Å². The molecular weight excluding hydrogens is 362 g/mol. The van der Waals surface area contributed by atoms with Crippen molar-refractivity contribution in [1.82, 2.24) is 0 Å². The Balaban J connectivity index is 1.55. The van der Waals surface area contributed by atoms with Crippen molar-refractivity contribution in [2.75, 3.05) is 11.9 Å². The van der Waals surface area contributed by atoms with Crippen molar-refractivity contribution >= 4 is 33.5 Å². The van der Waals surface area contributed by atoms with Crippen LogP contribution >= 0.6 is 15.9 Å². The standard InChI is InChI=1S/C21H20BrNO/c22-19-11-13-20(14-12-19)23-15-18-10-9-17(21(18)24)8-4-7-16-5-2-1-3-6-16/h1-8,11-14,18,23H,9-10,15H2/b7-4+,17-8+. The minimum atomic E-state index is 0.0741. The van der Waals surface area contributed by atoms with E-state index < -0.39 is 0 Å². The van der Waals surface area contributed by atoms with Crippen molar-refractivity contribution in [1.29, 1.82) is 0 Å². The minimum Gasteiger partial charge on any atom is -0.384 e. The summed E-state index contributed by atoms with van der Waals surface area (Å²) in [6.07, 6.45) is 7.77. The van der Waals surface area contributed by atoms with Crippen LogP contribution < -0.4 is 5.32 Å². The van der Waals surface area contributed by atoms with Crippen LogP contribution in [0.2, 0.25) is 0 Å². The zero-order valence-corrected chi connectivity index (χ0v) is 15.0. The van der Waals surface area contributed by atoms with Gasteiger partial charge >= 0.3 is 0 Å². The SMILES string of the molecule is O=C1/C(=C/C=C/c2ccccc2)CCC1CNc1ccc(Br)cc1. The first-order valence-electron chi connectivity index (χ1n) is 8.18. The summed E-state index contributed by atoms with van der Waals surface area (Å²) in [5.41, 5.74) is 3.13. The molecule has 2 aromatic carbocycles. The molecule has 0 aliphatic heterocycles. The second-order valence-electron chi connectivity index (χ2n) is 5.95. The molecule has 0 heterocycles. The molecule has 24 heavy (non-hydrogen) atoms. The van der Waals surface area contributed by atoms with Gasteiger partial charge in [0, 0.05) is 22.6 Å². The van der Waals surface area contributed by atoms with E-state index in [1.54, 1.807) is 0 Å². The summed E-state index contributed by atoms with van der Waals surface area (Å²) in [6.45, 7) is 0.695. The molecule has 3 heteroatoms. The fraction of sp³-hybridized carbons (Fsp3) is 0.190. The first kappa shape index (κ1) is 16.7. The number of allylic oxidation sites excluding steroid dienone is 3. The molecule has 2 nitrogen and oxygen atoms in total. The largest absolute Gasteiger partial charge is 0.384 e. The van der Waals surface area contributed by atoms with Gasteiger partial charge in [0.15, 0.2) is 5.78 Å². The van der Waals surface area contributed by atoms with Crippen molar-refractivity contribution in [2.45, 2.75) is 12.8 Å². The Bertz CT molecular complexity index is 747. The van der Waals surface area contributed by atoms with Crippen LogP contribution in [0.25, 0.3) is 6.08 Å². The number of carbonyl (C=O) groups excluding carboxylic acids is 1. The number of ketones is 1. The van der Waals surface area contributed by atoms with E-state index in [1.165, 1.54) is 0 Å². The highest BCUT2D eigenvalue weighted by molar-refractivity contribution is 9.10. The van der Waals surface area contributed by atoms with Gasteiger partial charge in [-0.3, -0.25) is 4.79 Å². The molecule has 1 unspecified atom stereocenters. The van der Waals surface area contributed by atoms with Gasteiger partial charge in [-0.25, -0.2) is 0 Å². The minimum absolute atomic E-state index is 0.0741. The molecule has 0 amide bonds. The maximum absolute atomic E-state index is 12.5. The van der Waals surface area contributed by atoms with Crippen LogP contribution in [0.5, 0.6) is 0 Å². The Hall–Kier alpha value is -2.13. The van der Waals surface area contributed by atoms with Crippen LogP contribution in [0.3, 0.4) is 0 Å². The number of rotatable bonds is 5. The Kier molecular flexibility index (Phi) is 5.65. The highest BCUT2D eigenvalue weighted by atomic mass is 79.9. The van der Waals surface area contributed by atoms with Crippen molar-refractivity contribution in [3.63, 3.8) is 0 Å². The summed E-state index contributed by atoms with van der Waals surface area (Å²) in [4.78, 5) is 12.5. The molecule has 0 saturated heterocycles. The van der Waals surface area contributed by atoms with Crippen LogP contribution in [0, 0.1) is 5.92 Å². The van der Waals surface area contributed by atoms with E-state index >= 15 is 0 Å². The van der Waals surface area contributed by atoms with Crippen LogP contribution in [0.1, 0.15) is 18.4 Å². The zero-order valence-electron chi connectivity index (χ0n) is 13.4. The summed E-state index contributed by atoms with van der Waals surface area (Å²) in [7, 11) is 0. The van der Waals surface area contributed by atoms with Crippen LogP contribution in [0.4, 0.5) is 5.69 Å². The summed E-state index contributed by atoms with van der Waals surface area (Å²) in [5.74, 6) is 0.349. The lowest BCUT2D eigenvalue weighted by Gasteiger charge is -2.10. The fourth-order valence-corrected chi connectivity index (χ4v) is 3.12. The third kappa shape index (κ3) is 4.45. The number of halogens is 1. The van der Waals surface area contributed by atoms with Gasteiger partial charge in [-0.2, -0.15) is 0 Å². The van der Waals surface area contributed by atoms with Crippen LogP contribution in [-0.4, -0.2) is 12.3 Å². The summed E-state index contributed by atoms with van der Waals surface area (Å²) >= 11 is 3.43. The van der Waals surface area contributed by atoms with Crippen molar-refractivity contribution in [2.24, 2.45) is 5.92 Å². The molecule has 0 aromatic heterocycles. The van der Waals surface area contributed by atoms with Crippen LogP contribution in [0.15, 0.2) is 76.8 Å². The molecule has 1 aliphatic carbocycles. The molecule has 1 saturated carbocycles. The molecule has 1 aliphatic rings. The number of carbonyl (C=O) groups is 1. The van der Waals surface area contributed by atoms with E-state index in [2.05, 4.69) is 33.4 Å². The maximum atomic E-state index is 12.5. The van der Waals surface area contributed by atoms with Gasteiger partial charge in [-0.1, -0.05) is 64.5 Å². The fourth-order valence-electron chi connectivity index (χ4n) is 2.85. The summed E-state index contributed by atoms with van der Waals surface area (Å²) in [5, 5.41) is 3.36. The van der Waals surface area contributed by atoms with E-state index in [4.69, 9.17) is 0 Å². The highest BCUT2D eigenvalue weighted by Gasteiger charge is 2.28. The number of benzene rings is 2. The van der Waals surface area contributed by atoms with Gasteiger partial charge in [-0.15, -0.1) is 0 Å². The number of Topliss-reactive ketones (excluding diaryl/α,β-unsaturated/α-hetero) is 1. The summed E-state index contributed by atoms with van der Waals surface area (Å²) in [6, 6.07) is 18.2. The molecule has 1 atom stereocenters. The highest BCUT2D eigenvalue weighted by Crippen LogP contribution is 2.27. The molecule has 3 rings (SSSR count). The van der Waals surface area contributed by atoms with Crippen molar-refractivity contribution < 1.29 is 4.79 Å². The first-order valence-corrected chi connectivity index (χ1v) is 8.97. The molecule has 0 radical (unpaired) electrons. The third-order valence-electron chi connectivity index (χ3n) is 4.23. The van der Waals surface area contributed by atoms with E-state index in [0.29, 0.717) is 6.54 Å². The Labute approximate surface area is 151 Å². The average molecular weight is 382 g/mol. The molecule has 1 fully saturated rings. The van der Waals surface area contributed by atoms with Crippen molar-refractivity contribution in [3.05, 3.63) is 82.4 Å². The van der Waals surface area contributed by atoms with Gasteiger partial charge in [0.1, 0.15) is 0 Å². The van der Waals surface area contributed by atoms with E-state index in [-0.39, 0.29) is 11.7 Å². The maximum Gasteiger partial charge on any atom is 0.163 e. The lowest BCUT2D eigenvalue weighted by atomic mass is 10.1. The molecule has 0 bridgehead atoms. The monoisotopic (exact) mass is 381 g/mol. The Morgan fingerprint density at radius 2 is 1.83 bits per heavy atom. The smallest absolute Gasteiger partial charge is 0.163 e. The van der Waals surface area contributed by atoms with Gasteiger partial charge in [0.05, 0.1) is 0 Å². The topological polar surface area (TPSA) is 29.1 Å². The van der Waals surface area contributed by atoms with E-state index in [0.717, 1.165) is 34.1 Å². The van der Waals surface area contributed by atoms with Crippen LogP contribution in [-0.2, 0) is 4.79 Å². The summed E-state index contributed by atoms with van der Waals surface area (Å²) < 4.78 is 1.06. The Morgan fingerprint density at radius 1 is 1.08 bits per heavy atom. The van der Waals surface area contributed by atoms with Gasteiger partial charge in [0.25, 0.3) is 0 Å². The predicted octanol–water partition coefficient (Wildman–Crippen LogP) is 5.48. The number of hydrogen-bond acceptors (Lipinski definition) is 2. The normalized spacial score (nSPS) is 19.3. The molecule has 0 spiro atoms. The van der Waals surface area contributed by atoms with E-state index in [1.807, 2.05) is 60.7 Å². The third-order valence-corrected chi connectivity index (χ3v) is 4.76. The number of anilines is 1. The molecule has 1 N–H and O–H groups in total. The number of nitrogens with one attached hydrogen (secondary N) is 1. The van der Waals surface area contributed by atoms with Crippen molar-refractivity contribution in [3.8, 4) is 0 Å².